The molecule has 0 bridgehead atoms. The summed E-state index contributed by atoms with van der Waals surface area (Å²) in [4.78, 5) is 14.0. The third kappa shape index (κ3) is 7.00. The number of nitrogens with one attached hydrogen (secondary N) is 1. The van der Waals surface area contributed by atoms with Crippen molar-refractivity contribution in [2.45, 2.75) is 34.2 Å². The minimum atomic E-state index is -4.82. The maximum atomic E-state index is 13.3. The standard InChI is InChI=1S/C24H22ClF3N2O3S2/c1-2-14-30(35(32,33)18-12-13-20(25)19(15-18)24(26,27)28)16-23(31)29-21-10-6-7-11-22(21)34-17-8-4-3-5-9-17/h3-13,15H,2,14,16H2,1H3,(H,29,31). The number of rotatable bonds is 9. The first-order chi connectivity index (χ1) is 16.5. The van der Waals surface area contributed by atoms with E-state index in [-0.39, 0.29) is 6.54 Å². The van der Waals surface area contributed by atoms with Crippen LogP contribution >= 0.6 is 23.4 Å². The van der Waals surface area contributed by atoms with E-state index in [1.807, 2.05) is 42.5 Å². The van der Waals surface area contributed by atoms with Gasteiger partial charge in [0.05, 0.1) is 27.7 Å². The molecule has 35 heavy (non-hydrogen) atoms. The summed E-state index contributed by atoms with van der Waals surface area (Å²) in [5.41, 5.74) is -0.765. The molecular weight excluding hydrogens is 521 g/mol. The highest BCUT2D eigenvalue weighted by atomic mass is 35.5. The van der Waals surface area contributed by atoms with Crippen molar-refractivity contribution in [3.8, 4) is 0 Å². The number of carbonyl (C=O) groups is 1. The van der Waals surface area contributed by atoms with E-state index in [0.717, 1.165) is 26.2 Å². The lowest BCUT2D eigenvalue weighted by Crippen LogP contribution is -2.38. The minimum absolute atomic E-state index is 0.0554. The zero-order chi connectivity index (χ0) is 25.6. The number of anilines is 1. The van der Waals surface area contributed by atoms with Crippen LogP contribution in [0, 0.1) is 0 Å². The maximum Gasteiger partial charge on any atom is 0.417 e. The molecule has 3 aromatic carbocycles. The van der Waals surface area contributed by atoms with E-state index in [1.165, 1.54) is 11.8 Å². The molecule has 1 N–H and O–H groups in total. The first kappa shape index (κ1) is 27.1. The summed E-state index contributed by atoms with van der Waals surface area (Å²) in [5, 5.41) is 2.11. The largest absolute Gasteiger partial charge is 0.417 e. The van der Waals surface area contributed by atoms with Crippen LogP contribution in [0.25, 0.3) is 0 Å². The molecule has 5 nitrogen and oxygen atoms in total. The van der Waals surface area contributed by atoms with E-state index in [4.69, 9.17) is 11.6 Å². The zero-order valence-corrected chi connectivity index (χ0v) is 20.9. The van der Waals surface area contributed by atoms with Crippen LogP contribution in [0.3, 0.4) is 0 Å². The maximum absolute atomic E-state index is 13.3. The molecule has 0 aliphatic heterocycles. The third-order valence-corrected chi connectivity index (χ3v) is 8.06. The summed E-state index contributed by atoms with van der Waals surface area (Å²) in [7, 11) is -4.40. The van der Waals surface area contributed by atoms with Gasteiger partial charge in [0.2, 0.25) is 15.9 Å². The molecule has 0 atom stereocenters. The summed E-state index contributed by atoms with van der Waals surface area (Å²) in [6.07, 6.45) is -4.47. The quantitative estimate of drug-likeness (QED) is 0.333. The lowest BCUT2D eigenvalue weighted by Gasteiger charge is -2.22. The zero-order valence-electron chi connectivity index (χ0n) is 18.5. The van der Waals surface area contributed by atoms with E-state index in [9.17, 15) is 26.4 Å². The topological polar surface area (TPSA) is 66.5 Å². The van der Waals surface area contributed by atoms with Gasteiger partial charge < -0.3 is 5.32 Å². The Morgan fingerprint density at radius 1 is 1.03 bits per heavy atom. The summed E-state index contributed by atoms with van der Waals surface area (Å²) in [5.74, 6) is -0.617. The number of sulfonamides is 1. The van der Waals surface area contributed by atoms with Crippen molar-refractivity contribution >= 4 is 45.0 Å². The molecule has 0 saturated heterocycles. The fourth-order valence-corrected chi connectivity index (χ4v) is 5.85. The average Bonchev–Trinajstić information content (AvgIpc) is 2.80. The molecule has 0 unspecified atom stereocenters. The summed E-state index contributed by atoms with van der Waals surface area (Å²) in [6.45, 7) is 1.08. The Hall–Kier alpha value is -2.53. The molecule has 0 heterocycles. The number of benzene rings is 3. The van der Waals surface area contributed by atoms with Gasteiger partial charge in [0, 0.05) is 16.3 Å². The average molecular weight is 543 g/mol. The van der Waals surface area contributed by atoms with Crippen molar-refractivity contribution in [1.82, 2.24) is 4.31 Å². The van der Waals surface area contributed by atoms with Crippen LogP contribution in [0.15, 0.2) is 87.5 Å². The Bertz CT molecular complexity index is 1290. The van der Waals surface area contributed by atoms with E-state index in [0.29, 0.717) is 18.2 Å². The van der Waals surface area contributed by atoms with E-state index in [1.54, 1.807) is 19.1 Å². The normalized spacial score (nSPS) is 12.1. The molecule has 0 saturated carbocycles. The molecule has 0 radical (unpaired) electrons. The van der Waals surface area contributed by atoms with Crippen LogP contribution in [0.4, 0.5) is 18.9 Å². The number of halogens is 4. The van der Waals surface area contributed by atoms with Crippen molar-refractivity contribution in [3.05, 3.63) is 83.4 Å². The Labute approximate surface area is 211 Å². The summed E-state index contributed by atoms with van der Waals surface area (Å²) in [6, 6.07) is 18.9. The molecule has 0 aliphatic rings. The van der Waals surface area contributed by atoms with Gasteiger partial charge in [0.1, 0.15) is 0 Å². The summed E-state index contributed by atoms with van der Waals surface area (Å²) >= 11 is 7.05. The number of nitrogens with zero attached hydrogens (tertiary/aromatic N) is 1. The van der Waals surface area contributed by atoms with Crippen molar-refractivity contribution in [3.63, 3.8) is 0 Å². The van der Waals surface area contributed by atoms with Crippen molar-refractivity contribution < 1.29 is 26.4 Å². The van der Waals surface area contributed by atoms with Gasteiger partial charge in [-0.05, 0) is 48.9 Å². The van der Waals surface area contributed by atoms with Crippen LogP contribution < -0.4 is 5.32 Å². The predicted octanol–water partition coefficient (Wildman–Crippen LogP) is 6.55. The first-order valence-electron chi connectivity index (χ1n) is 10.5. The van der Waals surface area contributed by atoms with Gasteiger partial charge in [-0.25, -0.2) is 8.42 Å². The van der Waals surface area contributed by atoms with Crippen LogP contribution in [0.1, 0.15) is 18.9 Å². The number of hydrogen-bond donors (Lipinski definition) is 1. The second-order valence-corrected chi connectivity index (χ2v) is 10.9. The third-order valence-electron chi connectivity index (χ3n) is 4.81. The Kier molecular flexibility index (Phi) is 8.87. The highest BCUT2D eigenvalue weighted by Gasteiger charge is 2.35. The first-order valence-corrected chi connectivity index (χ1v) is 13.1. The number of amides is 1. The van der Waals surface area contributed by atoms with E-state index < -0.39 is 44.1 Å². The second kappa shape index (κ2) is 11.5. The smallest absolute Gasteiger partial charge is 0.324 e. The Balaban J connectivity index is 1.82. The van der Waals surface area contributed by atoms with Crippen LogP contribution in [0.5, 0.6) is 0 Å². The van der Waals surface area contributed by atoms with Crippen molar-refractivity contribution in [2.75, 3.05) is 18.4 Å². The SMILES string of the molecule is CCCN(CC(=O)Nc1ccccc1Sc1ccccc1)S(=O)(=O)c1ccc(Cl)c(C(F)(F)F)c1. The number of para-hydroxylation sites is 1. The molecular formula is C24H22ClF3N2O3S2. The fourth-order valence-electron chi connectivity index (χ4n) is 3.19. The van der Waals surface area contributed by atoms with E-state index >= 15 is 0 Å². The summed E-state index contributed by atoms with van der Waals surface area (Å²) < 4.78 is 66.9. The Morgan fingerprint density at radius 3 is 2.34 bits per heavy atom. The predicted molar refractivity (Wildman–Crippen MR) is 131 cm³/mol. The van der Waals surface area contributed by atoms with Gasteiger partial charge in [0.25, 0.3) is 0 Å². The number of hydrogen-bond acceptors (Lipinski definition) is 4. The monoisotopic (exact) mass is 542 g/mol. The van der Waals surface area contributed by atoms with Crippen molar-refractivity contribution in [2.24, 2.45) is 0 Å². The molecule has 0 aromatic heterocycles. The highest BCUT2D eigenvalue weighted by molar-refractivity contribution is 7.99. The molecule has 1 amide bonds. The molecule has 0 spiro atoms. The van der Waals surface area contributed by atoms with Gasteiger partial charge in [0.15, 0.2) is 0 Å². The molecule has 3 aromatic rings. The van der Waals surface area contributed by atoms with Gasteiger partial charge >= 0.3 is 6.18 Å². The lowest BCUT2D eigenvalue weighted by molar-refractivity contribution is -0.137. The van der Waals surface area contributed by atoms with Crippen LogP contribution in [-0.4, -0.2) is 31.7 Å². The van der Waals surface area contributed by atoms with Gasteiger partial charge in [-0.3, -0.25) is 4.79 Å². The second-order valence-electron chi connectivity index (χ2n) is 7.44. The van der Waals surface area contributed by atoms with Gasteiger partial charge in [-0.1, -0.05) is 60.6 Å². The molecule has 186 valence electrons. The number of alkyl halides is 3. The molecule has 0 aliphatic carbocycles. The van der Waals surface area contributed by atoms with Gasteiger partial charge in [-0.2, -0.15) is 17.5 Å². The van der Waals surface area contributed by atoms with Crippen molar-refractivity contribution in [1.29, 1.82) is 0 Å². The highest BCUT2D eigenvalue weighted by Crippen LogP contribution is 2.37. The number of carbonyl (C=O) groups excluding carboxylic acids is 1. The van der Waals surface area contributed by atoms with Crippen LogP contribution in [0.2, 0.25) is 5.02 Å². The Morgan fingerprint density at radius 2 is 1.69 bits per heavy atom. The molecule has 0 fully saturated rings. The lowest BCUT2D eigenvalue weighted by atomic mass is 10.2. The molecule has 11 heteroatoms. The molecule has 3 rings (SSSR count). The fraction of sp³-hybridized carbons (Fsp3) is 0.208. The van der Waals surface area contributed by atoms with Gasteiger partial charge in [-0.15, -0.1) is 0 Å². The van der Waals surface area contributed by atoms with Crippen LogP contribution in [-0.2, 0) is 21.0 Å². The minimum Gasteiger partial charge on any atom is -0.324 e. The van der Waals surface area contributed by atoms with E-state index in [2.05, 4.69) is 5.32 Å².